The van der Waals surface area contributed by atoms with E-state index in [9.17, 15) is 14.4 Å². The molecule has 60 valence electrons. The number of benzene rings is 1. The second kappa shape index (κ2) is 2.95. The van der Waals surface area contributed by atoms with Crippen molar-refractivity contribution in [2.75, 3.05) is 0 Å². The summed E-state index contributed by atoms with van der Waals surface area (Å²) in [6.45, 7) is 0. The van der Waals surface area contributed by atoms with E-state index >= 15 is 0 Å². The Labute approximate surface area is 68.8 Å². The lowest BCUT2D eigenvalue weighted by Crippen LogP contribution is -2.25. The van der Waals surface area contributed by atoms with Gasteiger partial charge in [-0.2, -0.15) is 0 Å². The van der Waals surface area contributed by atoms with E-state index in [4.69, 9.17) is 11.6 Å². The van der Waals surface area contributed by atoms with Crippen LogP contribution in [0.5, 0.6) is 0 Å². The molecule has 3 nitrogen and oxygen atoms in total. The molecule has 0 amide bonds. The zero-order valence-electron chi connectivity index (χ0n) is 5.36. The Bertz CT molecular complexity index is 306. The minimum atomic E-state index is -4.69. The van der Waals surface area contributed by atoms with Gasteiger partial charge in [0.05, 0.1) is 0 Å². The van der Waals surface area contributed by atoms with Crippen LogP contribution in [0.3, 0.4) is 0 Å². The van der Waals surface area contributed by atoms with E-state index in [1.807, 2.05) is 0 Å². The van der Waals surface area contributed by atoms with Crippen LogP contribution >= 0.6 is 19.2 Å². The smallest absolute Gasteiger partial charge is 0.0490 e. The summed E-state index contributed by atoms with van der Waals surface area (Å²) in [5.41, 5.74) is 0. The van der Waals surface area contributed by atoms with Gasteiger partial charge in [-0.05, 0) is 13.7 Å². The lowest BCUT2D eigenvalue weighted by molar-refractivity contribution is -0.307. The molecule has 1 aromatic carbocycles. The minimum Gasteiger partial charge on any atom is -0.807 e. The van der Waals surface area contributed by atoms with Crippen LogP contribution in [-0.2, 0) is 4.57 Å². The molecule has 0 aromatic heterocycles. The summed E-state index contributed by atoms with van der Waals surface area (Å²) in [4.78, 5) is 20.9. The Morgan fingerprint density at radius 2 is 1.82 bits per heavy atom. The third-order valence-corrected chi connectivity index (χ3v) is 2.59. The molecule has 5 heteroatoms. The third kappa shape index (κ3) is 2.04. The number of hydrogen-bond donors (Lipinski definition) is 0. The zero-order chi connectivity index (χ0) is 8.48. The molecule has 0 radical (unpaired) electrons. The van der Waals surface area contributed by atoms with Gasteiger partial charge in [-0.15, -0.1) is 0 Å². The first-order valence-corrected chi connectivity index (χ1v) is 4.71. The highest BCUT2D eigenvalue weighted by Gasteiger charge is 2.00. The Balaban J connectivity index is 3.25. The van der Waals surface area contributed by atoms with Gasteiger partial charge >= 0.3 is 0 Å². The van der Waals surface area contributed by atoms with E-state index in [1.54, 1.807) is 6.07 Å². The Morgan fingerprint density at radius 1 is 1.27 bits per heavy atom. The molecule has 0 heterocycles. The largest absolute Gasteiger partial charge is 0.807 e. The van der Waals surface area contributed by atoms with E-state index in [0.29, 0.717) is 0 Å². The van der Waals surface area contributed by atoms with Crippen molar-refractivity contribution in [3.63, 3.8) is 0 Å². The van der Waals surface area contributed by atoms with Crippen LogP contribution in [0, 0.1) is 0 Å². The summed E-state index contributed by atoms with van der Waals surface area (Å²) in [6.07, 6.45) is 0. The van der Waals surface area contributed by atoms with Gasteiger partial charge in [0.1, 0.15) is 0 Å². The van der Waals surface area contributed by atoms with Crippen LogP contribution < -0.4 is 15.1 Å². The summed E-state index contributed by atoms with van der Waals surface area (Å²) < 4.78 is 10.4. The molecule has 0 bridgehead atoms. The van der Waals surface area contributed by atoms with Gasteiger partial charge in [0, 0.05) is 10.3 Å². The molecular weight excluding hydrogens is 186 g/mol. The Hall–Kier alpha value is -0.340. The highest BCUT2D eigenvalue weighted by atomic mass is 35.5. The van der Waals surface area contributed by atoms with Crippen molar-refractivity contribution in [2.24, 2.45) is 0 Å². The summed E-state index contributed by atoms with van der Waals surface area (Å²) in [5.74, 6) is 0. The fourth-order valence-electron chi connectivity index (χ4n) is 0.674. The molecule has 0 aliphatic heterocycles. The fourth-order valence-corrected chi connectivity index (χ4v) is 1.72. The van der Waals surface area contributed by atoms with Crippen molar-refractivity contribution in [1.82, 2.24) is 0 Å². The van der Waals surface area contributed by atoms with Gasteiger partial charge in [-0.1, -0.05) is 29.8 Å². The van der Waals surface area contributed by atoms with E-state index in [1.165, 1.54) is 18.2 Å². The monoisotopic (exact) mass is 190 g/mol. The molecule has 0 atom stereocenters. The lowest BCUT2D eigenvalue weighted by atomic mass is 10.4. The first-order chi connectivity index (χ1) is 5.02. The van der Waals surface area contributed by atoms with Crippen molar-refractivity contribution in [3.05, 3.63) is 29.3 Å². The predicted octanol–water partition coefficient (Wildman–Crippen LogP) is -0.121. The first-order valence-electron chi connectivity index (χ1n) is 2.79. The van der Waals surface area contributed by atoms with Crippen LogP contribution in [0.4, 0.5) is 0 Å². The molecule has 0 saturated carbocycles. The molecule has 0 aliphatic rings. The van der Waals surface area contributed by atoms with Crippen LogP contribution in [0.1, 0.15) is 0 Å². The molecule has 0 aliphatic carbocycles. The van der Waals surface area contributed by atoms with Gasteiger partial charge in [0.25, 0.3) is 0 Å². The molecule has 0 saturated heterocycles. The summed E-state index contributed by atoms with van der Waals surface area (Å²) in [7, 11) is -4.69. The van der Waals surface area contributed by atoms with E-state index in [0.717, 1.165) is 0 Å². The molecular formula is C6H4ClO3P-2. The maximum absolute atomic E-state index is 10.4. The standard InChI is InChI=1S/C6H6ClO3P/c7-5-3-1-2-4-6(5)11(8,9)10/h1-4H,(H2,8,9,10)/p-2. The highest BCUT2D eigenvalue weighted by Crippen LogP contribution is 2.26. The Morgan fingerprint density at radius 3 is 2.18 bits per heavy atom. The predicted molar refractivity (Wildman–Crippen MR) is 38.7 cm³/mol. The van der Waals surface area contributed by atoms with Crippen LogP contribution in [0.2, 0.25) is 5.02 Å². The fraction of sp³-hybridized carbons (Fsp3) is 0. The van der Waals surface area contributed by atoms with Gasteiger partial charge in [0.15, 0.2) is 0 Å². The minimum absolute atomic E-state index is 0.0270. The average molecular weight is 191 g/mol. The SMILES string of the molecule is O=P([O-])([O-])c1ccccc1Cl. The maximum Gasteiger partial charge on any atom is 0.0490 e. The van der Waals surface area contributed by atoms with Crippen molar-refractivity contribution in [1.29, 1.82) is 0 Å². The second-order valence-corrected chi connectivity index (χ2v) is 3.83. The number of halogens is 1. The first kappa shape index (κ1) is 8.75. The van der Waals surface area contributed by atoms with Crippen molar-refractivity contribution < 1.29 is 14.4 Å². The summed E-state index contributed by atoms with van der Waals surface area (Å²) >= 11 is 5.44. The molecule has 0 fully saturated rings. The van der Waals surface area contributed by atoms with E-state index in [2.05, 4.69) is 0 Å². The third-order valence-electron chi connectivity index (χ3n) is 1.15. The summed E-state index contributed by atoms with van der Waals surface area (Å²) in [6, 6.07) is 5.55. The zero-order valence-corrected chi connectivity index (χ0v) is 7.01. The highest BCUT2D eigenvalue weighted by molar-refractivity contribution is 7.57. The average Bonchev–Trinajstić information content (AvgIpc) is 1.86. The molecule has 0 unspecified atom stereocenters. The molecule has 1 aromatic rings. The molecule has 1 rings (SSSR count). The van der Waals surface area contributed by atoms with Crippen molar-refractivity contribution in [2.45, 2.75) is 0 Å². The number of hydrogen-bond acceptors (Lipinski definition) is 3. The van der Waals surface area contributed by atoms with Gasteiger partial charge in [0.2, 0.25) is 0 Å². The number of rotatable bonds is 1. The van der Waals surface area contributed by atoms with Gasteiger partial charge in [-0.25, -0.2) is 0 Å². The van der Waals surface area contributed by atoms with Gasteiger partial charge < -0.3 is 14.4 Å². The van der Waals surface area contributed by atoms with E-state index < -0.39 is 7.60 Å². The van der Waals surface area contributed by atoms with Crippen molar-refractivity contribution in [3.8, 4) is 0 Å². The topological polar surface area (TPSA) is 63.2 Å². The van der Waals surface area contributed by atoms with E-state index in [-0.39, 0.29) is 10.3 Å². The quantitative estimate of drug-likeness (QED) is 0.580. The summed E-state index contributed by atoms with van der Waals surface area (Å²) in [5, 5.41) is -0.373. The van der Waals surface area contributed by atoms with Crippen LogP contribution in [-0.4, -0.2) is 0 Å². The van der Waals surface area contributed by atoms with Crippen molar-refractivity contribution >= 4 is 24.5 Å². The van der Waals surface area contributed by atoms with Gasteiger partial charge in [-0.3, -0.25) is 0 Å². The lowest BCUT2D eigenvalue weighted by Gasteiger charge is -2.30. The molecule has 0 N–H and O–H groups in total. The van der Waals surface area contributed by atoms with Crippen LogP contribution in [0.25, 0.3) is 0 Å². The normalized spacial score (nSPS) is 11.5. The molecule has 0 spiro atoms. The van der Waals surface area contributed by atoms with Crippen LogP contribution in [0.15, 0.2) is 24.3 Å². The Kier molecular flexibility index (Phi) is 2.35. The molecule has 11 heavy (non-hydrogen) atoms. The maximum atomic E-state index is 10.4. The second-order valence-electron chi connectivity index (χ2n) is 1.95.